The molecule has 0 heterocycles. The van der Waals surface area contributed by atoms with Crippen LogP contribution in [0.5, 0.6) is 0 Å². The number of amides is 1. The number of hydrogen-bond donors (Lipinski definition) is 1. The second-order valence-electron chi connectivity index (χ2n) is 3.10. The second-order valence-corrected chi connectivity index (χ2v) is 3.10. The molecule has 0 spiro atoms. The van der Waals surface area contributed by atoms with Crippen LogP contribution < -0.4 is 5.32 Å². The van der Waals surface area contributed by atoms with Gasteiger partial charge in [-0.2, -0.15) is 0 Å². The average molecular weight is 217 g/mol. The first kappa shape index (κ1) is 16.4. The van der Waals surface area contributed by atoms with Crippen molar-refractivity contribution in [1.29, 1.82) is 0 Å². The van der Waals surface area contributed by atoms with E-state index in [-0.39, 0.29) is 11.9 Å². The summed E-state index contributed by atoms with van der Waals surface area (Å²) in [6.45, 7) is 8.42. The molecule has 0 radical (unpaired) electrons. The smallest absolute Gasteiger partial charge is 0.305 e. The Kier molecular flexibility index (Phi) is 14.1. The minimum Gasteiger partial charge on any atom is -0.466 e. The zero-order valence-electron chi connectivity index (χ0n) is 10.3. The topological polar surface area (TPSA) is 55.4 Å². The first-order valence-electron chi connectivity index (χ1n) is 5.48. The van der Waals surface area contributed by atoms with E-state index in [1.54, 1.807) is 6.92 Å². The van der Waals surface area contributed by atoms with Crippen LogP contribution >= 0.6 is 0 Å². The summed E-state index contributed by atoms with van der Waals surface area (Å²) in [7, 11) is 0. The number of carbonyl (C=O) groups excluding carboxylic acids is 2. The highest BCUT2D eigenvalue weighted by molar-refractivity contribution is 5.73. The monoisotopic (exact) mass is 217 g/mol. The Hall–Kier alpha value is -1.06. The third-order valence-electron chi connectivity index (χ3n) is 1.24. The van der Waals surface area contributed by atoms with Gasteiger partial charge in [-0.15, -0.1) is 0 Å². The van der Waals surface area contributed by atoms with Crippen LogP contribution in [-0.4, -0.2) is 25.0 Å². The summed E-state index contributed by atoms with van der Waals surface area (Å²) in [5.74, 6) is -0.276. The molecule has 0 bridgehead atoms. The van der Waals surface area contributed by atoms with Crippen LogP contribution in [0.25, 0.3) is 0 Å². The van der Waals surface area contributed by atoms with Crippen molar-refractivity contribution in [3.63, 3.8) is 0 Å². The van der Waals surface area contributed by atoms with Crippen molar-refractivity contribution in [2.75, 3.05) is 13.2 Å². The molecule has 0 fully saturated rings. The highest BCUT2D eigenvalue weighted by Crippen LogP contribution is 1.90. The summed E-state index contributed by atoms with van der Waals surface area (Å²) in [6, 6.07) is 0. The van der Waals surface area contributed by atoms with Gasteiger partial charge in [-0.05, 0) is 13.3 Å². The SMILES string of the molecule is CCC.CCOC(=O)CCCNC(C)=O. The minimum atomic E-state index is -0.206. The summed E-state index contributed by atoms with van der Waals surface area (Å²) < 4.78 is 4.70. The van der Waals surface area contributed by atoms with Crippen molar-refractivity contribution in [3.8, 4) is 0 Å². The van der Waals surface area contributed by atoms with E-state index in [1.807, 2.05) is 0 Å². The Labute approximate surface area is 92.4 Å². The summed E-state index contributed by atoms with van der Waals surface area (Å²) in [4.78, 5) is 21.1. The molecule has 0 aromatic carbocycles. The van der Waals surface area contributed by atoms with Gasteiger partial charge in [-0.3, -0.25) is 9.59 Å². The van der Waals surface area contributed by atoms with Crippen molar-refractivity contribution in [3.05, 3.63) is 0 Å². The molecule has 0 rings (SSSR count). The van der Waals surface area contributed by atoms with Gasteiger partial charge >= 0.3 is 5.97 Å². The first-order valence-corrected chi connectivity index (χ1v) is 5.48. The number of carbonyl (C=O) groups is 2. The fourth-order valence-electron chi connectivity index (χ4n) is 0.730. The molecule has 0 aromatic heterocycles. The van der Waals surface area contributed by atoms with Crippen LogP contribution in [0.15, 0.2) is 0 Å². The molecule has 0 unspecified atom stereocenters. The van der Waals surface area contributed by atoms with Gasteiger partial charge in [-0.1, -0.05) is 20.3 Å². The molecule has 15 heavy (non-hydrogen) atoms. The Morgan fingerprint density at radius 2 is 1.73 bits per heavy atom. The predicted octanol–water partition coefficient (Wildman–Crippen LogP) is 1.88. The van der Waals surface area contributed by atoms with E-state index >= 15 is 0 Å². The first-order chi connectivity index (χ1) is 7.08. The van der Waals surface area contributed by atoms with Crippen LogP contribution in [-0.2, 0) is 14.3 Å². The number of hydrogen-bond acceptors (Lipinski definition) is 3. The van der Waals surface area contributed by atoms with Gasteiger partial charge < -0.3 is 10.1 Å². The molecule has 1 N–H and O–H groups in total. The molecule has 0 aromatic rings. The van der Waals surface area contributed by atoms with E-state index in [2.05, 4.69) is 19.2 Å². The Morgan fingerprint density at radius 3 is 2.13 bits per heavy atom. The van der Waals surface area contributed by atoms with Gasteiger partial charge in [0.05, 0.1) is 6.61 Å². The average Bonchev–Trinajstić information content (AvgIpc) is 2.14. The Bertz CT molecular complexity index is 169. The second kappa shape index (κ2) is 12.9. The Morgan fingerprint density at radius 1 is 1.20 bits per heavy atom. The fraction of sp³-hybridized carbons (Fsp3) is 0.818. The van der Waals surface area contributed by atoms with Crippen molar-refractivity contribution in [2.45, 2.75) is 47.0 Å². The molecule has 4 heteroatoms. The molecule has 0 aliphatic heterocycles. The molecular weight excluding hydrogens is 194 g/mol. The summed E-state index contributed by atoms with van der Waals surface area (Å²) >= 11 is 0. The maximum Gasteiger partial charge on any atom is 0.305 e. The molecule has 90 valence electrons. The predicted molar refractivity (Wildman–Crippen MR) is 60.5 cm³/mol. The number of esters is 1. The van der Waals surface area contributed by atoms with E-state index in [9.17, 15) is 9.59 Å². The van der Waals surface area contributed by atoms with E-state index < -0.39 is 0 Å². The lowest BCUT2D eigenvalue weighted by molar-refractivity contribution is -0.143. The van der Waals surface area contributed by atoms with E-state index in [1.165, 1.54) is 13.3 Å². The minimum absolute atomic E-state index is 0.0705. The van der Waals surface area contributed by atoms with Crippen molar-refractivity contribution < 1.29 is 14.3 Å². The van der Waals surface area contributed by atoms with Crippen LogP contribution in [0.3, 0.4) is 0 Å². The fourth-order valence-corrected chi connectivity index (χ4v) is 0.730. The van der Waals surface area contributed by atoms with Gasteiger partial charge in [0.15, 0.2) is 0 Å². The van der Waals surface area contributed by atoms with Crippen LogP contribution in [0, 0.1) is 0 Å². The Balaban J connectivity index is 0. The van der Waals surface area contributed by atoms with Gasteiger partial charge in [-0.25, -0.2) is 0 Å². The summed E-state index contributed by atoms with van der Waals surface area (Å²) in [6.07, 6.45) is 2.26. The van der Waals surface area contributed by atoms with E-state index in [0.29, 0.717) is 26.0 Å². The largest absolute Gasteiger partial charge is 0.466 e. The molecule has 0 atom stereocenters. The zero-order chi connectivity index (χ0) is 12.1. The van der Waals surface area contributed by atoms with Crippen LogP contribution in [0.2, 0.25) is 0 Å². The maximum atomic E-state index is 10.8. The quantitative estimate of drug-likeness (QED) is 0.565. The summed E-state index contributed by atoms with van der Waals surface area (Å²) in [5, 5.41) is 2.60. The highest BCUT2D eigenvalue weighted by Gasteiger charge is 2.00. The lowest BCUT2D eigenvalue weighted by atomic mass is 10.3. The third kappa shape index (κ3) is 19.4. The lowest BCUT2D eigenvalue weighted by Crippen LogP contribution is -2.21. The van der Waals surface area contributed by atoms with Gasteiger partial charge in [0.25, 0.3) is 0 Å². The standard InChI is InChI=1S/C8H15NO3.C3H8/c1-3-12-8(11)5-4-6-9-7(2)10;1-3-2/h3-6H2,1-2H3,(H,9,10);3H2,1-2H3. The van der Waals surface area contributed by atoms with Gasteiger partial charge in [0, 0.05) is 19.9 Å². The van der Waals surface area contributed by atoms with Crippen LogP contribution in [0.4, 0.5) is 0 Å². The zero-order valence-corrected chi connectivity index (χ0v) is 10.3. The summed E-state index contributed by atoms with van der Waals surface area (Å²) in [5.41, 5.74) is 0. The van der Waals surface area contributed by atoms with Gasteiger partial charge in [0.1, 0.15) is 0 Å². The molecule has 0 saturated carbocycles. The van der Waals surface area contributed by atoms with E-state index in [4.69, 9.17) is 4.74 Å². The molecule has 4 nitrogen and oxygen atoms in total. The normalized spacial score (nSPS) is 8.53. The lowest BCUT2D eigenvalue weighted by Gasteiger charge is -2.01. The van der Waals surface area contributed by atoms with Crippen molar-refractivity contribution in [2.24, 2.45) is 0 Å². The number of nitrogens with one attached hydrogen (secondary N) is 1. The number of rotatable bonds is 5. The molecule has 0 aliphatic carbocycles. The third-order valence-corrected chi connectivity index (χ3v) is 1.24. The van der Waals surface area contributed by atoms with Gasteiger partial charge in [0.2, 0.25) is 5.91 Å². The van der Waals surface area contributed by atoms with Crippen molar-refractivity contribution >= 4 is 11.9 Å². The van der Waals surface area contributed by atoms with Crippen LogP contribution in [0.1, 0.15) is 47.0 Å². The highest BCUT2D eigenvalue weighted by atomic mass is 16.5. The molecule has 0 aliphatic rings. The van der Waals surface area contributed by atoms with Crippen molar-refractivity contribution in [1.82, 2.24) is 5.32 Å². The molecular formula is C11H23NO3. The molecule has 1 amide bonds. The number of ether oxygens (including phenoxy) is 1. The molecule has 0 saturated heterocycles. The van der Waals surface area contributed by atoms with E-state index in [0.717, 1.165) is 0 Å². The maximum absolute atomic E-state index is 10.8.